The molecule has 138 valence electrons. The molecule has 2 fully saturated rings. The third kappa shape index (κ3) is 2.69. The van der Waals surface area contributed by atoms with Crippen LogP contribution in [-0.4, -0.2) is 62.5 Å². The van der Waals surface area contributed by atoms with Crippen LogP contribution in [0.25, 0.3) is 10.9 Å². The minimum absolute atomic E-state index is 0.0184. The number of hydrogen-bond donors (Lipinski definition) is 2. The first-order chi connectivity index (χ1) is 12.3. The summed E-state index contributed by atoms with van der Waals surface area (Å²) in [6.45, 7) is 0.513. The van der Waals surface area contributed by atoms with Gasteiger partial charge in [-0.15, -0.1) is 0 Å². The second-order valence-corrected chi connectivity index (χ2v) is 7.86. The molecule has 7 nitrogen and oxygen atoms in total. The molecule has 2 bridgehead atoms. The van der Waals surface area contributed by atoms with E-state index in [1.54, 1.807) is 4.90 Å². The largest absolute Gasteiger partial charge is 0.465 e. The Kier molecular flexibility index (Phi) is 4.37. The summed E-state index contributed by atoms with van der Waals surface area (Å²) in [6, 6.07) is 0.559. The molecule has 0 spiro atoms. The average molecular weight is 466 g/mol. The lowest BCUT2D eigenvalue weighted by Crippen LogP contribution is -2.57. The van der Waals surface area contributed by atoms with E-state index in [1.807, 2.05) is 0 Å². The van der Waals surface area contributed by atoms with Crippen LogP contribution in [0.3, 0.4) is 0 Å². The fourth-order valence-corrected chi connectivity index (χ4v) is 4.43. The van der Waals surface area contributed by atoms with Crippen LogP contribution in [0.15, 0.2) is 10.5 Å². The maximum Gasteiger partial charge on any atom is 0.408 e. The number of aromatic nitrogens is 2. The number of anilines is 1. The van der Waals surface area contributed by atoms with Gasteiger partial charge in [0.1, 0.15) is 11.3 Å². The summed E-state index contributed by atoms with van der Waals surface area (Å²) in [5.41, 5.74) is 0.0184. The first-order valence-electron chi connectivity index (χ1n) is 7.73. The number of carboxylic acid groups (broad SMARTS) is 1. The van der Waals surface area contributed by atoms with E-state index in [0.717, 1.165) is 0 Å². The zero-order valence-electron chi connectivity index (χ0n) is 13.0. The molecule has 0 aliphatic carbocycles. The highest BCUT2D eigenvalue weighted by molar-refractivity contribution is 9.10. The molecule has 2 aliphatic heterocycles. The van der Waals surface area contributed by atoms with Crippen molar-refractivity contribution in [3.8, 4) is 0 Å². The standard InChI is InChI=1S/C15H12BrCl2FN4O3/c16-10-7(17)2-6-12(11(10)19)20-14(18)21-13(6)22-3-5-1-9(24)8(4-22)23(5)15(25)26/h2,5,8-9,24H,1,3-4H2,(H,25,26). The summed E-state index contributed by atoms with van der Waals surface area (Å²) in [7, 11) is 0. The molecule has 0 saturated carbocycles. The Morgan fingerprint density at radius 1 is 1.35 bits per heavy atom. The van der Waals surface area contributed by atoms with Crippen LogP contribution in [-0.2, 0) is 0 Å². The molecule has 3 heterocycles. The summed E-state index contributed by atoms with van der Waals surface area (Å²) in [5, 5.41) is 20.0. The number of amides is 1. The zero-order chi connectivity index (χ0) is 18.7. The Balaban J connectivity index is 1.82. The number of piperazine rings is 1. The van der Waals surface area contributed by atoms with Gasteiger partial charge in [0.05, 0.1) is 27.7 Å². The number of aliphatic hydroxyl groups excluding tert-OH is 1. The second kappa shape index (κ2) is 6.33. The fourth-order valence-electron chi connectivity index (χ4n) is 3.77. The van der Waals surface area contributed by atoms with Crippen LogP contribution in [0, 0.1) is 5.82 Å². The van der Waals surface area contributed by atoms with Gasteiger partial charge in [-0.05, 0) is 40.0 Å². The molecule has 1 amide bonds. The van der Waals surface area contributed by atoms with Gasteiger partial charge in [-0.2, -0.15) is 4.98 Å². The van der Waals surface area contributed by atoms with Gasteiger partial charge in [0.2, 0.25) is 5.28 Å². The summed E-state index contributed by atoms with van der Waals surface area (Å²) >= 11 is 15.1. The van der Waals surface area contributed by atoms with Crippen LogP contribution < -0.4 is 4.90 Å². The van der Waals surface area contributed by atoms with E-state index in [2.05, 4.69) is 25.9 Å². The maximum absolute atomic E-state index is 14.6. The lowest BCUT2D eigenvalue weighted by atomic mass is 10.1. The van der Waals surface area contributed by atoms with Crippen LogP contribution in [0.4, 0.5) is 15.0 Å². The van der Waals surface area contributed by atoms with Gasteiger partial charge in [0.15, 0.2) is 5.82 Å². The molecule has 11 heteroatoms. The van der Waals surface area contributed by atoms with Gasteiger partial charge in [0, 0.05) is 18.5 Å². The minimum Gasteiger partial charge on any atom is -0.465 e. The lowest BCUT2D eigenvalue weighted by Gasteiger charge is -2.40. The average Bonchev–Trinajstić information content (AvgIpc) is 2.79. The predicted molar refractivity (Wildman–Crippen MR) is 97.5 cm³/mol. The second-order valence-electron chi connectivity index (χ2n) is 6.32. The molecule has 1 aromatic heterocycles. The first-order valence-corrected chi connectivity index (χ1v) is 9.27. The third-order valence-electron chi connectivity index (χ3n) is 4.85. The Morgan fingerprint density at radius 3 is 2.73 bits per heavy atom. The van der Waals surface area contributed by atoms with E-state index in [1.165, 1.54) is 11.0 Å². The Bertz CT molecular complexity index is 934. The summed E-state index contributed by atoms with van der Waals surface area (Å²) in [6.07, 6.45) is -1.50. The number of fused-ring (bicyclic) bond motifs is 3. The first kappa shape index (κ1) is 18.0. The molecule has 1 aromatic carbocycles. The van der Waals surface area contributed by atoms with E-state index < -0.39 is 24.1 Å². The van der Waals surface area contributed by atoms with Crippen molar-refractivity contribution >= 4 is 61.9 Å². The number of carbonyl (C=O) groups is 1. The molecular formula is C15H12BrCl2FN4O3. The van der Waals surface area contributed by atoms with Gasteiger partial charge in [-0.25, -0.2) is 14.2 Å². The van der Waals surface area contributed by atoms with Gasteiger partial charge < -0.3 is 15.1 Å². The molecule has 26 heavy (non-hydrogen) atoms. The van der Waals surface area contributed by atoms with E-state index in [4.69, 9.17) is 23.2 Å². The Labute approximate surface area is 165 Å². The zero-order valence-corrected chi connectivity index (χ0v) is 16.1. The molecular weight excluding hydrogens is 454 g/mol. The minimum atomic E-state index is -1.07. The van der Waals surface area contributed by atoms with Crippen molar-refractivity contribution in [3.05, 3.63) is 26.7 Å². The number of nitrogens with zero attached hydrogens (tertiary/aromatic N) is 4. The highest BCUT2D eigenvalue weighted by atomic mass is 79.9. The van der Waals surface area contributed by atoms with Crippen LogP contribution in [0.2, 0.25) is 10.3 Å². The van der Waals surface area contributed by atoms with Crippen LogP contribution in [0.5, 0.6) is 0 Å². The van der Waals surface area contributed by atoms with Crippen molar-refractivity contribution in [3.63, 3.8) is 0 Å². The lowest BCUT2D eigenvalue weighted by molar-refractivity contribution is 0.0868. The van der Waals surface area contributed by atoms with Crippen molar-refractivity contribution in [1.29, 1.82) is 0 Å². The fraction of sp³-hybridized carbons (Fsp3) is 0.400. The van der Waals surface area contributed by atoms with Gasteiger partial charge in [0.25, 0.3) is 0 Å². The number of halogens is 4. The van der Waals surface area contributed by atoms with Crippen molar-refractivity contribution < 1.29 is 19.4 Å². The monoisotopic (exact) mass is 464 g/mol. The third-order valence-corrected chi connectivity index (χ3v) is 6.32. The molecule has 2 saturated heterocycles. The smallest absolute Gasteiger partial charge is 0.408 e. The van der Waals surface area contributed by atoms with Gasteiger partial charge in [-0.1, -0.05) is 11.6 Å². The summed E-state index contributed by atoms with van der Waals surface area (Å²) in [4.78, 5) is 22.7. The van der Waals surface area contributed by atoms with Gasteiger partial charge >= 0.3 is 6.09 Å². The topological polar surface area (TPSA) is 89.8 Å². The van der Waals surface area contributed by atoms with E-state index in [0.29, 0.717) is 24.2 Å². The molecule has 2 N–H and O–H groups in total. The van der Waals surface area contributed by atoms with E-state index in [-0.39, 0.29) is 32.9 Å². The highest BCUT2D eigenvalue weighted by Crippen LogP contribution is 2.38. The molecule has 2 aromatic rings. The van der Waals surface area contributed by atoms with E-state index in [9.17, 15) is 19.4 Å². The Hall–Kier alpha value is -1.42. The quantitative estimate of drug-likeness (QED) is 0.496. The summed E-state index contributed by atoms with van der Waals surface area (Å²) < 4.78 is 14.6. The van der Waals surface area contributed by atoms with E-state index >= 15 is 0 Å². The summed E-state index contributed by atoms with van der Waals surface area (Å²) in [5.74, 6) is -0.285. The van der Waals surface area contributed by atoms with Crippen molar-refractivity contribution in [2.45, 2.75) is 24.6 Å². The SMILES string of the molecule is O=C(O)N1C2CC(O)C1CN(c1nc(Cl)nc3c(F)c(Br)c(Cl)cc13)C2. The highest BCUT2D eigenvalue weighted by Gasteiger charge is 2.48. The Morgan fingerprint density at radius 2 is 2.08 bits per heavy atom. The van der Waals surface area contributed by atoms with Crippen LogP contribution >= 0.6 is 39.1 Å². The van der Waals surface area contributed by atoms with Crippen molar-refractivity contribution in [2.24, 2.45) is 0 Å². The molecule has 3 unspecified atom stereocenters. The number of rotatable bonds is 1. The number of hydrogen-bond acceptors (Lipinski definition) is 5. The molecule has 0 radical (unpaired) electrons. The van der Waals surface area contributed by atoms with Crippen LogP contribution in [0.1, 0.15) is 6.42 Å². The molecule has 2 aliphatic rings. The van der Waals surface area contributed by atoms with Crippen molar-refractivity contribution in [2.75, 3.05) is 18.0 Å². The number of aliphatic hydroxyl groups is 1. The normalized spacial score (nSPS) is 25.2. The maximum atomic E-state index is 14.6. The number of benzene rings is 1. The van der Waals surface area contributed by atoms with Crippen molar-refractivity contribution in [1.82, 2.24) is 14.9 Å². The molecule has 3 atom stereocenters. The predicted octanol–water partition coefficient (Wildman–Crippen LogP) is 3.14. The molecule has 4 rings (SSSR count). The van der Waals surface area contributed by atoms with Gasteiger partial charge in [-0.3, -0.25) is 4.90 Å².